The van der Waals surface area contributed by atoms with Crippen LogP contribution in [0.5, 0.6) is 5.75 Å². The summed E-state index contributed by atoms with van der Waals surface area (Å²) < 4.78 is 21.9. The Hall–Kier alpha value is -3.19. The molecule has 33 heavy (non-hydrogen) atoms. The van der Waals surface area contributed by atoms with Crippen molar-refractivity contribution < 1.29 is 33.3 Å². The minimum absolute atomic E-state index is 0.122. The number of esters is 3. The SMILES string of the molecule is CC(=O)OCC1CC(OC(C)=O)CC(c2ccc(C)c(Cc3ccc(OC(C)=O)cc3)c2)O1. The lowest BCUT2D eigenvalue weighted by atomic mass is 9.92. The zero-order chi connectivity index (χ0) is 24.0. The standard InChI is InChI=1S/C26H30O7/c1-16-5-8-21(12-22(16)11-20-6-9-23(10-7-20)31-18(3)28)26-14-24(32-19(4)29)13-25(33-26)15-30-17(2)27/h5-10,12,24-26H,11,13-15H2,1-4H3. The number of hydrogen-bond acceptors (Lipinski definition) is 7. The molecule has 0 radical (unpaired) electrons. The van der Waals surface area contributed by atoms with Crippen LogP contribution in [-0.2, 0) is 35.0 Å². The molecule has 2 aromatic carbocycles. The molecule has 1 aliphatic rings. The number of rotatable bonds is 7. The van der Waals surface area contributed by atoms with Crippen molar-refractivity contribution in [2.45, 2.75) is 65.3 Å². The summed E-state index contributed by atoms with van der Waals surface area (Å²) in [5.74, 6) is -0.545. The molecule has 0 aromatic heterocycles. The first kappa shape index (κ1) is 24.5. The summed E-state index contributed by atoms with van der Waals surface area (Å²) in [5.41, 5.74) is 4.35. The van der Waals surface area contributed by atoms with Gasteiger partial charge in [-0.05, 0) is 47.7 Å². The zero-order valence-corrected chi connectivity index (χ0v) is 19.5. The Morgan fingerprint density at radius 3 is 2.30 bits per heavy atom. The second kappa shape index (κ2) is 11.1. The fourth-order valence-electron chi connectivity index (χ4n) is 3.98. The van der Waals surface area contributed by atoms with Crippen LogP contribution in [0, 0.1) is 6.92 Å². The van der Waals surface area contributed by atoms with Gasteiger partial charge in [0, 0.05) is 33.6 Å². The predicted octanol–water partition coefficient (Wildman–Crippen LogP) is 4.23. The van der Waals surface area contributed by atoms with E-state index in [4.69, 9.17) is 18.9 Å². The van der Waals surface area contributed by atoms with E-state index in [1.165, 1.54) is 20.8 Å². The maximum absolute atomic E-state index is 11.5. The van der Waals surface area contributed by atoms with Crippen LogP contribution in [0.25, 0.3) is 0 Å². The lowest BCUT2D eigenvalue weighted by Crippen LogP contribution is -2.36. The average molecular weight is 455 g/mol. The zero-order valence-electron chi connectivity index (χ0n) is 19.5. The first-order valence-electron chi connectivity index (χ1n) is 11.0. The molecule has 7 heteroatoms. The Labute approximate surface area is 194 Å². The highest BCUT2D eigenvalue weighted by Gasteiger charge is 2.33. The van der Waals surface area contributed by atoms with Crippen molar-refractivity contribution in [3.63, 3.8) is 0 Å². The molecule has 0 N–H and O–H groups in total. The summed E-state index contributed by atoms with van der Waals surface area (Å²) in [6, 6.07) is 13.6. The van der Waals surface area contributed by atoms with E-state index in [2.05, 4.69) is 19.1 Å². The lowest BCUT2D eigenvalue weighted by Gasteiger charge is -2.35. The largest absolute Gasteiger partial charge is 0.463 e. The van der Waals surface area contributed by atoms with Gasteiger partial charge in [-0.25, -0.2) is 0 Å². The summed E-state index contributed by atoms with van der Waals surface area (Å²) in [7, 11) is 0. The molecule has 3 rings (SSSR count). The van der Waals surface area contributed by atoms with Crippen molar-refractivity contribution >= 4 is 17.9 Å². The monoisotopic (exact) mass is 454 g/mol. The maximum Gasteiger partial charge on any atom is 0.308 e. The number of carbonyl (C=O) groups excluding carboxylic acids is 3. The molecule has 1 aliphatic heterocycles. The van der Waals surface area contributed by atoms with Gasteiger partial charge in [0.1, 0.15) is 18.5 Å². The third-order valence-electron chi connectivity index (χ3n) is 5.49. The molecule has 1 fully saturated rings. The van der Waals surface area contributed by atoms with Gasteiger partial charge in [-0.2, -0.15) is 0 Å². The van der Waals surface area contributed by atoms with Crippen LogP contribution in [0.15, 0.2) is 42.5 Å². The number of ether oxygens (including phenoxy) is 4. The van der Waals surface area contributed by atoms with Gasteiger partial charge in [-0.1, -0.05) is 30.3 Å². The molecule has 176 valence electrons. The molecule has 0 amide bonds. The molecule has 0 spiro atoms. The Kier molecular flexibility index (Phi) is 8.22. The van der Waals surface area contributed by atoms with E-state index in [0.717, 1.165) is 22.3 Å². The third kappa shape index (κ3) is 7.43. The summed E-state index contributed by atoms with van der Waals surface area (Å²) >= 11 is 0. The fraction of sp³-hybridized carbons (Fsp3) is 0.423. The quantitative estimate of drug-likeness (QED) is 0.457. The molecule has 0 saturated carbocycles. The van der Waals surface area contributed by atoms with Gasteiger partial charge in [0.15, 0.2) is 0 Å². The summed E-state index contributed by atoms with van der Waals surface area (Å²) in [5, 5.41) is 0. The predicted molar refractivity (Wildman–Crippen MR) is 121 cm³/mol. The first-order chi connectivity index (χ1) is 15.7. The molecule has 7 nitrogen and oxygen atoms in total. The van der Waals surface area contributed by atoms with E-state index in [1.807, 2.05) is 18.2 Å². The normalized spacial score (nSPS) is 20.1. The number of hydrogen-bond donors (Lipinski definition) is 0. The van der Waals surface area contributed by atoms with Gasteiger partial charge >= 0.3 is 17.9 Å². The van der Waals surface area contributed by atoms with Gasteiger partial charge in [0.25, 0.3) is 0 Å². The van der Waals surface area contributed by atoms with Crippen LogP contribution in [0.3, 0.4) is 0 Å². The molecule has 0 aliphatic carbocycles. The van der Waals surface area contributed by atoms with E-state index < -0.39 is 0 Å². The van der Waals surface area contributed by atoms with Crippen molar-refractivity contribution in [2.75, 3.05) is 6.61 Å². The molecular formula is C26H30O7. The molecule has 3 atom stereocenters. The van der Waals surface area contributed by atoms with E-state index >= 15 is 0 Å². The highest BCUT2D eigenvalue weighted by atomic mass is 16.6. The summed E-state index contributed by atoms with van der Waals surface area (Å²) in [4.78, 5) is 33.9. The van der Waals surface area contributed by atoms with Crippen LogP contribution >= 0.6 is 0 Å². The molecule has 1 heterocycles. The van der Waals surface area contributed by atoms with Gasteiger partial charge in [0.2, 0.25) is 0 Å². The Morgan fingerprint density at radius 1 is 0.939 bits per heavy atom. The van der Waals surface area contributed by atoms with E-state index in [0.29, 0.717) is 25.0 Å². The van der Waals surface area contributed by atoms with Crippen molar-refractivity contribution in [1.82, 2.24) is 0 Å². The molecule has 2 aromatic rings. The smallest absolute Gasteiger partial charge is 0.308 e. The van der Waals surface area contributed by atoms with Crippen molar-refractivity contribution in [3.8, 4) is 5.75 Å². The van der Waals surface area contributed by atoms with Crippen molar-refractivity contribution in [1.29, 1.82) is 0 Å². The van der Waals surface area contributed by atoms with Crippen molar-refractivity contribution in [3.05, 3.63) is 64.7 Å². The Morgan fingerprint density at radius 2 is 1.67 bits per heavy atom. The average Bonchev–Trinajstić information content (AvgIpc) is 2.74. The summed E-state index contributed by atoms with van der Waals surface area (Å²) in [6.45, 7) is 6.30. The lowest BCUT2D eigenvalue weighted by molar-refractivity contribution is -0.169. The molecular weight excluding hydrogens is 424 g/mol. The van der Waals surface area contributed by atoms with Crippen LogP contribution in [0.1, 0.15) is 62.0 Å². The molecule has 0 bridgehead atoms. The van der Waals surface area contributed by atoms with E-state index in [-0.39, 0.29) is 42.8 Å². The highest BCUT2D eigenvalue weighted by molar-refractivity contribution is 5.69. The number of aryl methyl sites for hydroxylation is 1. The van der Waals surface area contributed by atoms with Gasteiger partial charge in [-0.15, -0.1) is 0 Å². The number of carbonyl (C=O) groups is 3. The van der Waals surface area contributed by atoms with Crippen LogP contribution < -0.4 is 4.74 Å². The highest BCUT2D eigenvalue weighted by Crippen LogP contribution is 2.34. The van der Waals surface area contributed by atoms with Gasteiger partial charge < -0.3 is 18.9 Å². The number of benzene rings is 2. The molecule has 1 saturated heterocycles. The van der Waals surface area contributed by atoms with E-state index in [9.17, 15) is 14.4 Å². The molecule has 3 unspecified atom stereocenters. The third-order valence-corrected chi connectivity index (χ3v) is 5.49. The second-order valence-corrected chi connectivity index (χ2v) is 8.35. The minimum atomic E-state index is -0.373. The Balaban J connectivity index is 1.77. The summed E-state index contributed by atoms with van der Waals surface area (Å²) in [6.07, 6.45) is 0.786. The first-order valence-corrected chi connectivity index (χ1v) is 11.0. The van der Waals surface area contributed by atoms with Gasteiger partial charge in [0.05, 0.1) is 12.2 Å². The maximum atomic E-state index is 11.5. The van der Waals surface area contributed by atoms with Crippen molar-refractivity contribution in [2.24, 2.45) is 0 Å². The minimum Gasteiger partial charge on any atom is -0.463 e. The topological polar surface area (TPSA) is 88.1 Å². The fourth-order valence-corrected chi connectivity index (χ4v) is 3.98. The van der Waals surface area contributed by atoms with Crippen LogP contribution in [0.4, 0.5) is 0 Å². The Bertz CT molecular complexity index is 996. The van der Waals surface area contributed by atoms with Gasteiger partial charge in [-0.3, -0.25) is 14.4 Å². The van der Waals surface area contributed by atoms with Crippen LogP contribution in [-0.4, -0.2) is 36.7 Å². The second-order valence-electron chi connectivity index (χ2n) is 8.35. The van der Waals surface area contributed by atoms with Crippen LogP contribution in [0.2, 0.25) is 0 Å². The van der Waals surface area contributed by atoms with E-state index in [1.54, 1.807) is 12.1 Å².